The molecule has 0 fully saturated rings. The van der Waals surface area contributed by atoms with Crippen molar-refractivity contribution < 1.29 is 4.84 Å². The van der Waals surface area contributed by atoms with Crippen LogP contribution in [0, 0.1) is 0 Å². The van der Waals surface area contributed by atoms with E-state index in [1.54, 1.807) is 17.3 Å². The lowest BCUT2D eigenvalue weighted by atomic mass is 10.1. The van der Waals surface area contributed by atoms with Crippen molar-refractivity contribution in [2.24, 2.45) is 5.16 Å². The van der Waals surface area contributed by atoms with Crippen molar-refractivity contribution in [2.45, 2.75) is 90.9 Å². The molecule has 5 heteroatoms. The summed E-state index contributed by atoms with van der Waals surface area (Å²) in [6, 6.07) is 0. The Morgan fingerprint density at radius 3 is 2.22 bits per heavy atom. The maximum Gasteiger partial charge on any atom is 0.170 e. The molecule has 0 aliphatic carbocycles. The Hall–Kier alpha value is -1.39. The number of unbranched alkanes of at least 4 members (excludes halogenated alkanes) is 9. The summed E-state index contributed by atoms with van der Waals surface area (Å²) in [6.07, 6.45) is 18.0. The molecule has 0 aliphatic rings. The van der Waals surface area contributed by atoms with Gasteiger partial charge < -0.3 is 4.84 Å². The van der Waals surface area contributed by atoms with Crippen molar-refractivity contribution in [3.8, 4) is 0 Å². The molecular weight excluding hydrogens is 288 g/mol. The second-order valence-electron chi connectivity index (χ2n) is 6.11. The number of nitrogens with zero attached hydrogens (tertiary/aromatic N) is 4. The number of hydrogen-bond acceptors (Lipinski definition) is 4. The molecule has 1 rings (SSSR count). The molecule has 0 bridgehead atoms. The first-order valence-electron chi connectivity index (χ1n) is 9.42. The lowest BCUT2D eigenvalue weighted by molar-refractivity contribution is 0.137. The molecule has 0 aromatic carbocycles. The monoisotopic (exact) mass is 322 g/mol. The van der Waals surface area contributed by atoms with E-state index in [1.807, 2.05) is 0 Å². The van der Waals surface area contributed by atoms with Crippen molar-refractivity contribution in [3.05, 3.63) is 12.7 Å². The first-order chi connectivity index (χ1) is 11.4. The van der Waals surface area contributed by atoms with Crippen LogP contribution in [0.1, 0.15) is 90.9 Å². The Bertz CT molecular complexity index is 390. The largest absolute Gasteiger partial charge is 0.394 e. The summed E-state index contributed by atoms with van der Waals surface area (Å²) in [5.41, 5.74) is 0. The molecule has 23 heavy (non-hydrogen) atoms. The molecule has 0 atom stereocenters. The molecule has 0 amide bonds. The zero-order valence-corrected chi connectivity index (χ0v) is 15.0. The summed E-state index contributed by atoms with van der Waals surface area (Å²) in [7, 11) is 0. The zero-order chi connectivity index (χ0) is 16.6. The lowest BCUT2D eigenvalue weighted by Crippen LogP contribution is -2.13. The maximum absolute atomic E-state index is 5.48. The van der Waals surface area contributed by atoms with Crippen LogP contribution in [0.5, 0.6) is 0 Å². The third kappa shape index (κ3) is 10.1. The Morgan fingerprint density at radius 2 is 1.57 bits per heavy atom. The van der Waals surface area contributed by atoms with Crippen molar-refractivity contribution in [3.63, 3.8) is 0 Å². The molecule has 1 heterocycles. The van der Waals surface area contributed by atoms with Gasteiger partial charge in [-0.05, 0) is 19.3 Å². The fourth-order valence-corrected chi connectivity index (χ4v) is 2.50. The van der Waals surface area contributed by atoms with Gasteiger partial charge in [-0.3, -0.25) is 0 Å². The van der Waals surface area contributed by atoms with E-state index in [-0.39, 0.29) is 0 Å². The SMILES string of the molecule is CCCCCCCCCC(=NOCCCCCC)n1cncn1. The smallest absolute Gasteiger partial charge is 0.170 e. The van der Waals surface area contributed by atoms with Crippen molar-refractivity contribution in [1.82, 2.24) is 14.8 Å². The highest BCUT2D eigenvalue weighted by atomic mass is 16.6. The van der Waals surface area contributed by atoms with Gasteiger partial charge in [-0.15, -0.1) is 0 Å². The second-order valence-corrected chi connectivity index (χ2v) is 6.11. The van der Waals surface area contributed by atoms with Gasteiger partial charge in [-0.2, -0.15) is 5.10 Å². The van der Waals surface area contributed by atoms with Crippen LogP contribution in [0.25, 0.3) is 0 Å². The number of aromatic nitrogens is 3. The van der Waals surface area contributed by atoms with Crippen LogP contribution in [-0.4, -0.2) is 27.2 Å². The molecule has 0 unspecified atom stereocenters. The fraction of sp³-hybridized carbons (Fsp3) is 0.833. The third-order valence-electron chi connectivity index (χ3n) is 3.95. The first-order valence-corrected chi connectivity index (χ1v) is 9.42. The summed E-state index contributed by atoms with van der Waals surface area (Å²) in [5.74, 6) is 0.867. The normalized spacial score (nSPS) is 11.8. The topological polar surface area (TPSA) is 52.3 Å². The minimum absolute atomic E-state index is 0.690. The highest BCUT2D eigenvalue weighted by molar-refractivity contribution is 5.82. The van der Waals surface area contributed by atoms with E-state index in [1.165, 1.54) is 57.8 Å². The van der Waals surface area contributed by atoms with Crippen molar-refractivity contribution in [1.29, 1.82) is 0 Å². The summed E-state index contributed by atoms with van der Waals surface area (Å²) in [6.45, 7) is 5.16. The van der Waals surface area contributed by atoms with Crippen molar-refractivity contribution >= 4 is 5.84 Å². The standard InChI is InChI=1S/C18H34N4O/c1-3-5-7-9-10-11-12-14-18(22-17-19-16-20-22)21-23-15-13-8-6-4-2/h16-17H,3-15H2,1-2H3. The average molecular weight is 322 g/mol. The minimum Gasteiger partial charge on any atom is -0.394 e. The van der Waals surface area contributed by atoms with Gasteiger partial charge in [-0.25, -0.2) is 9.67 Å². The van der Waals surface area contributed by atoms with Gasteiger partial charge in [-0.1, -0.05) is 70.4 Å². The highest BCUT2D eigenvalue weighted by Crippen LogP contribution is 2.09. The second kappa shape index (κ2) is 14.2. The Morgan fingerprint density at radius 1 is 0.913 bits per heavy atom. The number of oxime groups is 1. The molecule has 0 N–H and O–H groups in total. The maximum atomic E-state index is 5.48. The van der Waals surface area contributed by atoms with E-state index in [0.717, 1.165) is 25.1 Å². The predicted octanol–water partition coefficient (Wildman–Crippen LogP) is 5.18. The average Bonchev–Trinajstić information content (AvgIpc) is 3.09. The summed E-state index contributed by atoms with van der Waals surface area (Å²) in [5, 5.41) is 8.47. The van der Waals surface area contributed by atoms with Gasteiger partial charge >= 0.3 is 0 Å². The van der Waals surface area contributed by atoms with Gasteiger partial charge in [0.05, 0.1) is 0 Å². The Balaban J connectivity index is 2.24. The molecule has 0 radical (unpaired) electrons. The van der Waals surface area contributed by atoms with E-state index in [4.69, 9.17) is 4.84 Å². The molecule has 0 saturated carbocycles. The predicted molar refractivity (Wildman–Crippen MR) is 95.6 cm³/mol. The number of rotatable bonds is 14. The zero-order valence-electron chi connectivity index (χ0n) is 15.0. The molecule has 0 saturated heterocycles. The van der Waals surface area contributed by atoms with Gasteiger partial charge in [0.2, 0.25) is 0 Å². The molecule has 0 aliphatic heterocycles. The minimum atomic E-state index is 0.690. The van der Waals surface area contributed by atoms with E-state index in [0.29, 0.717) is 6.61 Å². The van der Waals surface area contributed by atoms with Crippen LogP contribution in [0.15, 0.2) is 17.8 Å². The summed E-state index contributed by atoms with van der Waals surface area (Å²) >= 11 is 0. The molecule has 132 valence electrons. The quantitative estimate of drug-likeness (QED) is 0.205. The first kappa shape index (κ1) is 19.7. The Kier molecular flexibility index (Phi) is 12.2. The number of hydrogen-bond donors (Lipinski definition) is 0. The van der Waals surface area contributed by atoms with E-state index in [9.17, 15) is 0 Å². The van der Waals surface area contributed by atoms with Crippen LogP contribution in [0.4, 0.5) is 0 Å². The van der Waals surface area contributed by atoms with Gasteiger partial charge in [0.15, 0.2) is 5.84 Å². The van der Waals surface area contributed by atoms with E-state index in [2.05, 4.69) is 29.1 Å². The van der Waals surface area contributed by atoms with Crippen molar-refractivity contribution in [2.75, 3.05) is 6.61 Å². The van der Waals surface area contributed by atoms with Crippen LogP contribution < -0.4 is 0 Å². The third-order valence-corrected chi connectivity index (χ3v) is 3.95. The lowest BCUT2D eigenvalue weighted by Gasteiger charge is -2.06. The van der Waals surface area contributed by atoms with E-state index < -0.39 is 0 Å². The summed E-state index contributed by atoms with van der Waals surface area (Å²) < 4.78 is 1.73. The van der Waals surface area contributed by atoms with Crippen LogP contribution >= 0.6 is 0 Å². The van der Waals surface area contributed by atoms with Crippen LogP contribution in [0.2, 0.25) is 0 Å². The van der Waals surface area contributed by atoms with Gasteiger partial charge in [0.25, 0.3) is 0 Å². The molecular formula is C18H34N4O. The molecule has 1 aromatic rings. The van der Waals surface area contributed by atoms with Gasteiger partial charge in [0.1, 0.15) is 19.3 Å². The molecule has 1 aromatic heterocycles. The fourth-order valence-electron chi connectivity index (χ4n) is 2.50. The Labute approximate surface area is 141 Å². The highest BCUT2D eigenvalue weighted by Gasteiger charge is 2.04. The van der Waals surface area contributed by atoms with Gasteiger partial charge in [0, 0.05) is 6.42 Å². The van der Waals surface area contributed by atoms with Crippen LogP contribution in [0.3, 0.4) is 0 Å². The summed E-state index contributed by atoms with van der Waals surface area (Å²) in [4.78, 5) is 9.48. The van der Waals surface area contributed by atoms with E-state index >= 15 is 0 Å². The molecule has 0 spiro atoms. The molecule has 5 nitrogen and oxygen atoms in total. The van der Waals surface area contributed by atoms with Crippen LogP contribution in [-0.2, 0) is 4.84 Å².